The Labute approximate surface area is 183 Å². The molecule has 0 aliphatic heterocycles. The Morgan fingerprint density at radius 2 is 1.88 bits per heavy atom. The smallest absolute Gasteiger partial charge is 0.490 e. The fourth-order valence-electron chi connectivity index (χ4n) is 3.42. The Bertz CT molecular complexity index is 972. The van der Waals surface area contributed by atoms with Gasteiger partial charge in [0.05, 0.1) is 19.3 Å². The summed E-state index contributed by atoms with van der Waals surface area (Å²) in [7, 11) is 3.56. The van der Waals surface area contributed by atoms with Crippen LogP contribution >= 0.6 is 0 Å². The van der Waals surface area contributed by atoms with E-state index >= 15 is 0 Å². The number of imidazole rings is 1. The van der Waals surface area contributed by atoms with Crippen LogP contribution in [-0.4, -0.2) is 45.0 Å². The lowest BCUT2D eigenvalue weighted by atomic mass is 10.0. The van der Waals surface area contributed by atoms with Crippen molar-refractivity contribution in [3.05, 3.63) is 46.5 Å². The molecular formula is C21H26F3N3O5. The van der Waals surface area contributed by atoms with Crippen LogP contribution in [0.5, 0.6) is 5.75 Å². The number of benzene rings is 1. The van der Waals surface area contributed by atoms with Crippen molar-refractivity contribution in [3.63, 3.8) is 0 Å². The molecule has 176 valence electrons. The molecule has 0 unspecified atom stereocenters. The fourth-order valence-corrected chi connectivity index (χ4v) is 3.42. The topological polar surface area (TPSA) is 114 Å². The number of aryl methyl sites for hydroxylation is 1. The number of halogens is 3. The summed E-state index contributed by atoms with van der Waals surface area (Å²) in [4.78, 5) is 25.0. The molecular weight excluding hydrogens is 431 g/mol. The first-order valence-electron chi connectivity index (χ1n) is 9.93. The van der Waals surface area contributed by atoms with Crippen LogP contribution < -0.4 is 10.1 Å². The molecule has 0 saturated heterocycles. The fraction of sp³-hybridized carbons (Fsp3) is 0.476. The SMILES string of the molecule is COc1ccc([C@H](C)NCc2nc3c(n2C)CCCC3)cc1C(=O)O.O=C(O)C(F)(F)F. The van der Waals surface area contributed by atoms with Gasteiger partial charge >= 0.3 is 18.1 Å². The van der Waals surface area contributed by atoms with Gasteiger partial charge in [-0.05, 0) is 50.3 Å². The maximum absolute atomic E-state index is 11.4. The molecule has 1 aliphatic rings. The number of fused-ring (bicyclic) bond motifs is 1. The zero-order valence-electron chi connectivity index (χ0n) is 18.0. The van der Waals surface area contributed by atoms with Crippen molar-refractivity contribution in [3.8, 4) is 5.75 Å². The molecule has 0 spiro atoms. The second kappa shape index (κ2) is 10.5. The van der Waals surface area contributed by atoms with Gasteiger partial charge in [-0.25, -0.2) is 14.6 Å². The van der Waals surface area contributed by atoms with Gasteiger partial charge in [-0.15, -0.1) is 0 Å². The van der Waals surface area contributed by atoms with Crippen molar-refractivity contribution in [2.75, 3.05) is 7.11 Å². The van der Waals surface area contributed by atoms with Crippen LogP contribution in [0, 0.1) is 0 Å². The van der Waals surface area contributed by atoms with E-state index in [0.29, 0.717) is 12.3 Å². The summed E-state index contributed by atoms with van der Waals surface area (Å²) in [5.74, 6) is -2.33. The van der Waals surface area contributed by atoms with Crippen LogP contribution in [0.4, 0.5) is 13.2 Å². The Kier molecular flexibility index (Phi) is 8.25. The van der Waals surface area contributed by atoms with E-state index in [1.807, 2.05) is 13.0 Å². The number of aromatic nitrogens is 2. The van der Waals surface area contributed by atoms with Crippen molar-refractivity contribution in [1.82, 2.24) is 14.9 Å². The maximum atomic E-state index is 11.4. The van der Waals surface area contributed by atoms with Crippen LogP contribution in [0.15, 0.2) is 18.2 Å². The third-order valence-electron chi connectivity index (χ3n) is 5.23. The number of aliphatic carboxylic acids is 1. The highest BCUT2D eigenvalue weighted by Gasteiger charge is 2.38. The van der Waals surface area contributed by atoms with E-state index < -0.39 is 18.1 Å². The number of alkyl halides is 3. The lowest BCUT2D eigenvalue weighted by Crippen LogP contribution is -2.21. The number of carboxylic acid groups (broad SMARTS) is 2. The number of hydrogen-bond donors (Lipinski definition) is 3. The van der Waals surface area contributed by atoms with Gasteiger partial charge in [0.15, 0.2) is 0 Å². The highest BCUT2D eigenvalue weighted by molar-refractivity contribution is 5.91. The van der Waals surface area contributed by atoms with Gasteiger partial charge in [-0.3, -0.25) is 0 Å². The van der Waals surface area contributed by atoms with Crippen LogP contribution in [0.3, 0.4) is 0 Å². The number of ether oxygens (including phenoxy) is 1. The third-order valence-corrected chi connectivity index (χ3v) is 5.23. The van der Waals surface area contributed by atoms with Crippen molar-refractivity contribution >= 4 is 11.9 Å². The number of methoxy groups -OCH3 is 1. The van der Waals surface area contributed by atoms with Crippen molar-refractivity contribution in [2.24, 2.45) is 7.05 Å². The van der Waals surface area contributed by atoms with Gasteiger partial charge in [0.2, 0.25) is 0 Å². The maximum Gasteiger partial charge on any atom is 0.490 e. The zero-order valence-corrected chi connectivity index (χ0v) is 18.0. The molecule has 3 rings (SSSR count). The van der Waals surface area contributed by atoms with E-state index in [4.69, 9.17) is 19.6 Å². The molecule has 1 heterocycles. The summed E-state index contributed by atoms with van der Waals surface area (Å²) in [6.07, 6.45) is -0.454. The number of hydrogen-bond acceptors (Lipinski definition) is 5. The van der Waals surface area contributed by atoms with E-state index in [-0.39, 0.29) is 11.6 Å². The number of carboxylic acids is 2. The van der Waals surface area contributed by atoms with Gasteiger partial charge in [0.25, 0.3) is 0 Å². The van der Waals surface area contributed by atoms with Crippen LogP contribution in [-0.2, 0) is 31.2 Å². The summed E-state index contributed by atoms with van der Waals surface area (Å²) >= 11 is 0. The van der Waals surface area contributed by atoms with E-state index in [2.05, 4.69) is 16.9 Å². The minimum atomic E-state index is -5.08. The average Bonchev–Trinajstić information content (AvgIpc) is 3.07. The quantitative estimate of drug-likeness (QED) is 0.609. The molecule has 0 radical (unpaired) electrons. The highest BCUT2D eigenvalue weighted by atomic mass is 19.4. The van der Waals surface area contributed by atoms with E-state index in [1.54, 1.807) is 12.1 Å². The molecule has 0 bridgehead atoms. The minimum absolute atomic E-state index is 0.0118. The van der Waals surface area contributed by atoms with E-state index in [0.717, 1.165) is 24.2 Å². The summed E-state index contributed by atoms with van der Waals surface area (Å²) in [5.41, 5.74) is 3.68. The van der Waals surface area contributed by atoms with Crippen molar-refractivity contribution in [1.29, 1.82) is 0 Å². The molecule has 8 nitrogen and oxygen atoms in total. The molecule has 2 aromatic rings. The predicted octanol–water partition coefficient (Wildman–Crippen LogP) is 3.49. The first kappa shape index (κ1) is 25.2. The van der Waals surface area contributed by atoms with Crippen molar-refractivity contribution in [2.45, 2.75) is 51.4 Å². The molecule has 1 aromatic carbocycles. The Balaban J connectivity index is 0.000000451. The molecule has 0 amide bonds. The summed E-state index contributed by atoms with van der Waals surface area (Å²) in [5, 5.41) is 19.9. The average molecular weight is 457 g/mol. The monoisotopic (exact) mass is 457 g/mol. The Morgan fingerprint density at radius 1 is 1.25 bits per heavy atom. The summed E-state index contributed by atoms with van der Waals surface area (Å²) in [6.45, 7) is 2.68. The second-order valence-electron chi connectivity index (χ2n) is 7.36. The van der Waals surface area contributed by atoms with Gasteiger partial charge in [0.1, 0.15) is 17.1 Å². The van der Waals surface area contributed by atoms with Crippen LogP contribution in [0.25, 0.3) is 0 Å². The number of aromatic carboxylic acids is 1. The highest BCUT2D eigenvalue weighted by Crippen LogP contribution is 2.25. The predicted molar refractivity (Wildman–Crippen MR) is 109 cm³/mol. The lowest BCUT2D eigenvalue weighted by molar-refractivity contribution is -0.192. The molecule has 3 N–H and O–H groups in total. The summed E-state index contributed by atoms with van der Waals surface area (Å²) in [6, 6.07) is 5.28. The molecule has 0 saturated carbocycles. The molecule has 1 aliphatic carbocycles. The number of nitrogens with zero attached hydrogens (tertiary/aromatic N) is 2. The molecule has 1 atom stereocenters. The number of rotatable bonds is 6. The van der Waals surface area contributed by atoms with Crippen molar-refractivity contribution < 1.29 is 37.7 Å². The minimum Gasteiger partial charge on any atom is -0.496 e. The number of carbonyl (C=O) groups is 2. The standard InChI is InChI=1S/C19H25N3O3.C2HF3O2/c1-12(13-8-9-17(25-3)14(10-13)19(23)24)20-11-18-21-15-6-4-5-7-16(15)22(18)2;3-2(4,5)1(6)7/h8-10,12,20H,4-7,11H2,1-3H3,(H,23,24);(H,6,7)/t12-;/m0./s1. The Morgan fingerprint density at radius 3 is 2.41 bits per heavy atom. The largest absolute Gasteiger partial charge is 0.496 e. The van der Waals surface area contributed by atoms with E-state index in [9.17, 15) is 23.1 Å². The first-order valence-corrected chi connectivity index (χ1v) is 9.93. The zero-order chi connectivity index (χ0) is 24.1. The molecule has 11 heteroatoms. The van der Waals surface area contributed by atoms with E-state index in [1.165, 1.54) is 31.3 Å². The lowest BCUT2D eigenvalue weighted by Gasteiger charge is -2.16. The Hall–Kier alpha value is -3.08. The van der Waals surface area contributed by atoms with Gasteiger partial charge < -0.3 is 24.8 Å². The second-order valence-corrected chi connectivity index (χ2v) is 7.36. The normalized spacial score (nSPS) is 14.1. The van der Waals surface area contributed by atoms with Crippen LogP contribution in [0.1, 0.15) is 58.9 Å². The van der Waals surface area contributed by atoms with Gasteiger partial charge in [-0.1, -0.05) is 6.07 Å². The van der Waals surface area contributed by atoms with Crippen LogP contribution in [0.2, 0.25) is 0 Å². The van der Waals surface area contributed by atoms with Gasteiger partial charge in [0, 0.05) is 18.8 Å². The first-order chi connectivity index (χ1) is 15.0. The molecule has 1 aromatic heterocycles. The summed E-state index contributed by atoms with van der Waals surface area (Å²) < 4.78 is 39.1. The third kappa shape index (κ3) is 6.22. The molecule has 0 fully saturated rings. The molecule has 32 heavy (non-hydrogen) atoms. The number of nitrogens with one attached hydrogen (secondary N) is 1. The van der Waals surface area contributed by atoms with Gasteiger partial charge in [-0.2, -0.15) is 13.2 Å².